The highest BCUT2D eigenvalue weighted by Crippen LogP contribution is 2.19. The van der Waals surface area contributed by atoms with Crippen molar-refractivity contribution in [2.24, 2.45) is 0 Å². The summed E-state index contributed by atoms with van der Waals surface area (Å²) in [4.78, 5) is 13.8. The number of nitrogens with zero attached hydrogens (tertiary/aromatic N) is 1. The molecule has 0 aliphatic carbocycles. The zero-order valence-electron chi connectivity index (χ0n) is 15.2. The lowest BCUT2D eigenvalue weighted by molar-refractivity contribution is 0.140. The summed E-state index contributed by atoms with van der Waals surface area (Å²) < 4.78 is 10.4. The zero-order valence-corrected chi connectivity index (χ0v) is 15.2. The summed E-state index contributed by atoms with van der Waals surface area (Å²) in [5.74, 6) is 0.772. The molecule has 0 spiro atoms. The molecule has 6 heteroatoms. The van der Waals surface area contributed by atoms with E-state index in [1.807, 2.05) is 59.5 Å². The monoisotopic (exact) mass is 358 g/mol. The highest BCUT2D eigenvalue weighted by Gasteiger charge is 2.11. The van der Waals surface area contributed by atoms with Crippen molar-refractivity contribution in [1.82, 2.24) is 5.32 Å². The topological polar surface area (TPSA) is 71.0 Å². The predicted molar refractivity (Wildman–Crippen MR) is 102 cm³/mol. The Bertz CT molecular complexity index is 659. The number of anilines is 1. The molecule has 1 atom stereocenters. The van der Waals surface area contributed by atoms with Gasteiger partial charge in [0, 0.05) is 25.3 Å². The van der Waals surface area contributed by atoms with Crippen molar-refractivity contribution in [3.05, 3.63) is 60.2 Å². The SMILES string of the molecule is COc1ccc(N(CCNC(=O)OCc2ccccc2)CC(C)O)cc1. The second-order valence-corrected chi connectivity index (χ2v) is 5.98. The number of carbonyl (C=O) groups excluding carboxylic acids is 1. The van der Waals surface area contributed by atoms with Crippen LogP contribution in [0.1, 0.15) is 12.5 Å². The molecule has 0 bridgehead atoms. The molecule has 0 saturated heterocycles. The van der Waals surface area contributed by atoms with Gasteiger partial charge in [-0.2, -0.15) is 0 Å². The number of hydrogen-bond acceptors (Lipinski definition) is 5. The maximum absolute atomic E-state index is 11.8. The molecule has 0 fully saturated rings. The Morgan fingerprint density at radius 3 is 2.46 bits per heavy atom. The average Bonchev–Trinajstić information content (AvgIpc) is 2.66. The van der Waals surface area contributed by atoms with Gasteiger partial charge in [0.1, 0.15) is 12.4 Å². The fraction of sp³-hybridized carbons (Fsp3) is 0.350. The van der Waals surface area contributed by atoms with Gasteiger partial charge in [-0.25, -0.2) is 4.79 Å². The minimum atomic E-state index is -0.484. The van der Waals surface area contributed by atoms with Crippen molar-refractivity contribution >= 4 is 11.8 Å². The highest BCUT2D eigenvalue weighted by atomic mass is 16.5. The van der Waals surface area contributed by atoms with E-state index in [1.165, 1.54) is 0 Å². The Morgan fingerprint density at radius 1 is 1.15 bits per heavy atom. The lowest BCUT2D eigenvalue weighted by atomic mass is 10.2. The first-order valence-corrected chi connectivity index (χ1v) is 8.60. The molecule has 2 N–H and O–H groups in total. The molecular weight excluding hydrogens is 332 g/mol. The molecule has 0 aliphatic rings. The molecule has 0 aliphatic heterocycles. The summed E-state index contributed by atoms with van der Waals surface area (Å²) in [5.41, 5.74) is 1.89. The lowest BCUT2D eigenvalue weighted by Gasteiger charge is -2.26. The van der Waals surface area contributed by atoms with Crippen LogP contribution in [-0.4, -0.2) is 44.0 Å². The molecule has 1 unspecified atom stereocenters. The average molecular weight is 358 g/mol. The fourth-order valence-electron chi connectivity index (χ4n) is 2.50. The largest absolute Gasteiger partial charge is 0.497 e. The van der Waals surface area contributed by atoms with Gasteiger partial charge >= 0.3 is 6.09 Å². The van der Waals surface area contributed by atoms with Crippen molar-refractivity contribution in [3.8, 4) is 5.75 Å². The number of benzene rings is 2. The normalized spacial score (nSPS) is 11.5. The summed E-state index contributed by atoms with van der Waals surface area (Å²) in [5, 5.41) is 12.5. The number of carbonyl (C=O) groups is 1. The van der Waals surface area contributed by atoms with Crippen molar-refractivity contribution < 1.29 is 19.4 Å². The molecule has 26 heavy (non-hydrogen) atoms. The van der Waals surface area contributed by atoms with Gasteiger partial charge in [0.2, 0.25) is 0 Å². The first-order chi connectivity index (χ1) is 12.6. The molecule has 6 nitrogen and oxygen atoms in total. The minimum absolute atomic E-state index is 0.239. The van der Waals surface area contributed by atoms with Crippen LogP contribution in [-0.2, 0) is 11.3 Å². The molecule has 140 valence electrons. The van der Waals surface area contributed by atoms with Crippen LogP contribution in [0.3, 0.4) is 0 Å². The number of alkyl carbamates (subject to hydrolysis) is 1. The van der Waals surface area contributed by atoms with Gasteiger partial charge in [0.25, 0.3) is 0 Å². The third kappa shape index (κ3) is 6.64. The van der Waals surface area contributed by atoms with E-state index >= 15 is 0 Å². The second kappa shape index (κ2) is 10.3. The molecule has 2 rings (SSSR count). The first kappa shape index (κ1) is 19.6. The second-order valence-electron chi connectivity index (χ2n) is 5.98. The summed E-state index contributed by atoms with van der Waals surface area (Å²) >= 11 is 0. The number of hydrogen-bond donors (Lipinski definition) is 2. The van der Waals surface area contributed by atoms with Gasteiger partial charge in [0.15, 0.2) is 0 Å². The van der Waals surface area contributed by atoms with E-state index in [0.717, 1.165) is 17.0 Å². The van der Waals surface area contributed by atoms with Gasteiger partial charge in [0.05, 0.1) is 13.2 Å². The minimum Gasteiger partial charge on any atom is -0.497 e. The summed E-state index contributed by atoms with van der Waals surface area (Å²) in [6.07, 6.45) is -0.942. The number of aliphatic hydroxyl groups excluding tert-OH is 1. The van der Waals surface area contributed by atoms with Crippen molar-refractivity contribution in [3.63, 3.8) is 0 Å². The predicted octanol–water partition coefficient (Wildman–Crippen LogP) is 2.81. The summed E-state index contributed by atoms with van der Waals surface area (Å²) in [7, 11) is 1.62. The Kier molecular flexibility index (Phi) is 7.76. The van der Waals surface area contributed by atoms with Crippen LogP contribution in [0.15, 0.2) is 54.6 Å². The quantitative estimate of drug-likeness (QED) is 0.721. The smallest absolute Gasteiger partial charge is 0.407 e. The first-order valence-electron chi connectivity index (χ1n) is 8.60. The number of amides is 1. The Hall–Kier alpha value is -2.73. The Morgan fingerprint density at radius 2 is 1.85 bits per heavy atom. The van der Waals surface area contributed by atoms with E-state index in [2.05, 4.69) is 5.32 Å². The number of rotatable bonds is 9. The van der Waals surface area contributed by atoms with Gasteiger partial charge in [-0.1, -0.05) is 30.3 Å². The van der Waals surface area contributed by atoms with Crippen molar-refractivity contribution in [1.29, 1.82) is 0 Å². The summed E-state index contributed by atoms with van der Waals surface area (Å²) in [6, 6.07) is 17.1. The van der Waals surface area contributed by atoms with Crippen LogP contribution in [0.2, 0.25) is 0 Å². The molecule has 2 aromatic carbocycles. The van der Waals surface area contributed by atoms with E-state index < -0.39 is 12.2 Å². The van der Waals surface area contributed by atoms with Crippen LogP contribution in [0.4, 0.5) is 10.5 Å². The molecule has 0 saturated carbocycles. The molecule has 2 aromatic rings. The van der Waals surface area contributed by atoms with Crippen LogP contribution in [0.25, 0.3) is 0 Å². The number of aliphatic hydroxyl groups is 1. The highest BCUT2D eigenvalue weighted by molar-refractivity contribution is 5.67. The van der Waals surface area contributed by atoms with Gasteiger partial charge in [-0.3, -0.25) is 0 Å². The molecule has 1 amide bonds. The van der Waals surface area contributed by atoms with Crippen molar-refractivity contribution in [2.45, 2.75) is 19.6 Å². The van der Waals surface area contributed by atoms with E-state index in [1.54, 1.807) is 14.0 Å². The lowest BCUT2D eigenvalue weighted by Crippen LogP contribution is -2.38. The van der Waals surface area contributed by atoms with E-state index in [-0.39, 0.29) is 6.61 Å². The van der Waals surface area contributed by atoms with Crippen LogP contribution < -0.4 is 15.0 Å². The van der Waals surface area contributed by atoms with E-state index in [9.17, 15) is 9.90 Å². The number of methoxy groups -OCH3 is 1. The third-order valence-electron chi connectivity index (χ3n) is 3.79. The van der Waals surface area contributed by atoms with Crippen molar-refractivity contribution in [2.75, 3.05) is 31.6 Å². The van der Waals surface area contributed by atoms with Crippen LogP contribution in [0.5, 0.6) is 5.75 Å². The van der Waals surface area contributed by atoms with Gasteiger partial charge in [-0.05, 0) is 36.8 Å². The van der Waals surface area contributed by atoms with E-state index in [4.69, 9.17) is 9.47 Å². The van der Waals surface area contributed by atoms with Gasteiger partial charge < -0.3 is 24.8 Å². The third-order valence-corrected chi connectivity index (χ3v) is 3.79. The zero-order chi connectivity index (χ0) is 18.8. The number of ether oxygens (including phenoxy) is 2. The standard InChI is InChI=1S/C20H26N2O4/c1-16(23)14-22(18-8-10-19(25-2)11-9-18)13-12-21-20(24)26-15-17-6-4-3-5-7-17/h3-11,16,23H,12-15H2,1-2H3,(H,21,24). The maximum atomic E-state index is 11.8. The van der Waals surface area contributed by atoms with Gasteiger partial charge in [-0.15, -0.1) is 0 Å². The molecule has 0 aromatic heterocycles. The Balaban J connectivity index is 1.81. The maximum Gasteiger partial charge on any atom is 0.407 e. The number of nitrogens with one attached hydrogen (secondary N) is 1. The molecule has 0 radical (unpaired) electrons. The fourth-order valence-corrected chi connectivity index (χ4v) is 2.50. The van der Waals surface area contributed by atoms with Crippen LogP contribution in [0, 0.1) is 0 Å². The Labute approximate surface area is 154 Å². The summed E-state index contributed by atoms with van der Waals surface area (Å²) in [6.45, 7) is 3.40. The van der Waals surface area contributed by atoms with E-state index in [0.29, 0.717) is 19.6 Å². The van der Waals surface area contributed by atoms with Crippen LogP contribution >= 0.6 is 0 Å². The molecule has 0 heterocycles. The molecular formula is C20H26N2O4.